The molecule has 1 atom stereocenters. The van der Waals surface area contributed by atoms with Crippen molar-refractivity contribution in [1.82, 2.24) is 9.97 Å². The highest BCUT2D eigenvalue weighted by molar-refractivity contribution is 5.66. The average molecular weight is 238 g/mol. The molecule has 0 radical (unpaired) electrons. The number of nitrogens with two attached hydrogens (primary N) is 1. The van der Waals surface area contributed by atoms with Crippen molar-refractivity contribution in [3.05, 3.63) is 6.33 Å². The van der Waals surface area contributed by atoms with E-state index in [2.05, 4.69) is 43.0 Å². The summed E-state index contributed by atoms with van der Waals surface area (Å²) in [4.78, 5) is 8.17. The molecule has 0 aromatic carbocycles. The molecular weight excluding hydrogens is 216 g/mol. The van der Waals surface area contributed by atoms with Crippen molar-refractivity contribution < 1.29 is 4.74 Å². The molecule has 5 heteroatoms. The molecule has 17 heavy (non-hydrogen) atoms. The van der Waals surface area contributed by atoms with E-state index < -0.39 is 0 Å². The first-order valence-electron chi connectivity index (χ1n) is 6.04. The maximum atomic E-state index is 5.96. The molecule has 0 saturated carbocycles. The number of hydrogen-bond donors (Lipinski definition) is 2. The highest BCUT2D eigenvalue weighted by Crippen LogP contribution is 2.25. The maximum absolute atomic E-state index is 5.96. The molecule has 0 saturated heterocycles. The molecule has 0 amide bonds. The number of aromatic nitrogens is 2. The minimum atomic E-state index is 0.324. The van der Waals surface area contributed by atoms with Crippen LogP contribution in [0, 0.1) is 5.92 Å². The Morgan fingerprint density at radius 2 is 2.06 bits per heavy atom. The maximum Gasteiger partial charge on any atom is 0.242 e. The van der Waals surface area contributed by atoms with Crippen LogP contribution in [-0.4, -0.2) is 22.6 Å². The fourth-order valence-corrected chi connectivity index (χ4v) is 1.19. The zero-order valence-corrected chi connectivity index (χ0v) is 11.0. The lowest BCUT2D eigenvalue weighted by atomic mass is 10.2. The molecule has 0 fully saturated rings. The van der Waals surface area contributed by atoms with E-state index in [0.717, 1.165) is 6.42 Å². The third-order valence-electron chi connectivity index (χ3n) is 2.40. The van der Waals surface area contributed by atoms with Gasteiger partial charge in [0.1, 0.15) is 12.0 Å². The molecular formula is C12H22N4O. The molecule has 0 aliphatic rings. The predicted molar refractivity (Wildman–Crippen MR) is 70.2 cm³/mol. The van der Waals surface area contributed by atoms with Gasteiger partial charge in [-0.1, -0.05) is 20.8 Å². The Hall–Kier alpha value is -1.52. The third-order valence-corrected chi connectivity index (χ3v) is 2.40. The van der Waals surface area contributed by atoms with E-state index >= 15 is 0 Å². The first-order chi connectivity index (χ1) is 8.04. The second kappa shape index (κ2) is 6.27. The van der Waals surface area contributed by atoms with Crippen LogP contribution in [0.1, 0.15) is 34.1 Å². The number of hydrogen-bond acceptors (Lipinski definition) is 5. The SMILES string of the molecule is CCC(C)Nc1ncnc(OCC(C)C)c1N. The standard InChI is InChI=1S/C12H22N4O/c1-5-9(4)16-11-10(13)12(15-7-14-11)17-6-8(2)3/h7-9H,5-6,13H2,1-4H3,(H,14,15,16). The fraction of sp³-hybridized carbons (Fsp3) is 0.667. The Morgan fingerprint density at radius 3 is 2.65 bits per heavy atom. The van der Waals surface area contributed by atoms with Crippen molar-refractivity contribution in [1.29, 1.82) is 0 Å². The molecule has 0 aliphatic heterocycles. The lowest BCUT2D eigenvalue weighted by molar-refractivity contribution is 0.262. The minimum absolute atomic E-state index is 0.324. The van der Waals surface area contributed by atoms with Crippen LogP contribution < -0.4 is 15.8 Å². The predicted octanol–water partition coefficient (Wildman–Crippen LogP) is 2.30. The van der Waals surface area contributed by atoms with Crippen LogP contribution in [0.3, 0.4) is 0 Å². The van der Waals surface area contributed by atoms with Gasteiger partial charge in [-0.15, -0.1) is 0 Å². The van der Waals surface area contributed by atoms with Gasteiger partial charge in [0.2, 0.25) is 5.88 Å². The fourth-order valence-electron chi connectivity index (χ4n) is 1.19. The quantitative estimate of drug-likeness (QED) is 0.795. The van der Waals surface area contributed by atoms with E-state index in [1.54, 1.807) is 0 Å². The summed E-state index contributed by atoms with van der Waals surface area (Å²) in [6.07, 6.45) is 2.47. The highest BCUT2D eigenvalue weighted by Gasteiger charge is 2.11. The molecule has 1 unspecified atom stereocenters. The summed E-state index contributed by atoms with van der Waals surface area (Å²) in [5.74, 6) is 1.54. The molecule has 1 aromatic heterocycles. The average Bonchev–Trinajstić information content (AvgIpc) is 2.30. The number of nitrogen functional groups attached to an aromatic ring is 1. The van der Waals surface area contributed by atoms with Crippen molar-refractivity contribution in [2.45, 2.75) is 40.2 Å². The number of nitrogens with zero attached hydrogens (tertiary/aromatic N) is 2. The molecule has 1 rings (SSSR count). The first-order valence-corrected chi connectivity index (χ1v) is 6.04. The van der Waals surface area contributed by atoms with Crippen LogP contribution in [0.25, 0.3) is 0 Å². The highest BCUT2D eigenvalue weighted by atomic mass is 16.5. The largest absolute Gasteiger partial charge is 0.476 e. The van der Waals surface area contributed by atoms with Gasteiger partial charge >= 0.3 is 0 Å². The van der Waals surface area contributed by atoms with Gasteiger partial charge in [0.25, 0.3) is 0 Å². The molecule has 1 heterocycles. The number of nitrogens with one attached hydrogen (secondary N) is 1. The molecule has 96 valence electrons. The van der Waals surface area contributed by atoms with E-state index in [9.17, 15) is 0 Å². The molecule has 0 spiro atoms. The van der Waals surface area contributed by atoms with Crippen molar-refractivity contribution in [2.75, 3.05) is 17.7 Å². The monoisotopic (exact) mass is 238 g/mol. The summed E-state index contributed by atoms with van der Waals surface area (Å²) in [6, 6.07) is 0.324. The molecule has 0 bridgehead atoms. The van der Waals surface area contributed by atoms with Gasteiger partial charge in [0, 0.05) is 6.04 Å². The smallest absolute Gasteiger partial charge is 0.242 e. The number of anilines is 2. The van der Waals surface area contributed by atoms with Gasteiger partial charge in [0.15, 0.2) is 5.82 Å². The Balaban J connectivity index is 2.76. The summed E-state index contributed by atoms with van der Waals surface area (Å²) in [6.45, 7) is 8.94. The van der Waals surface area contributed by atoms with Crippen molar-refractivity contribution in [3.63, 3.8) is 0 Å². The van der Waals surface area contributed by atoms with Gasteiger partial charge in [-0.25, -0.2) is 4.98 Å². The first kappa shape index (κ1) is 13.5. The summed E-state index contributed by atoms with van der Waals surface area (Å²) in [7, 11) is 0. The summed E-state index contributed by atoms with van der Waals surface area (Å²) in [5, 5.41) is 3.23. The normalized spacial score (nSPS) is 12.5. The van der Waals surface area contributed by atoms with Gasteiger partial charge in [-0.3, -0.25) is 0 Å². The summed E-state index contributed by atoms with van der Waals surface area (Å²) >= 11 is 0. The number of ether oxygens (including phenoxy) is 1. The molecule has 3 N–H and O–H groups in total. The lowest BCUT2D eigenvalue weighted by Crippen LogP contribution is -2.17. The summed E-state index contributed by atoms with van der Waals surface area (Å²) < 4.78 is 5.54. The topological polar surface area (TPSA) is 73.1 Å². The van der Waals surface area contributed by atoms with Crippen LogP contribution in [0.4, 0.5) is 11.5 Å². The van der Waals surface area contributed by atoms with E-state index in [1.807, 2.05) is 0 Å². The zero-order chi connectivity index (χ0) is 12.8. The Morgan fingerprint density at radius 1 is 1.35 bits per heavy atom. The van der Waals surface area contributed by atoms with Crippen LogP contribution >= 0.6 is 0 Å². The van der Waals surface area contributed by atoms with Crippen LogP contribution in [0.5, 0.6) is 5.88 Å². The van der Waals surface area contributed by atoms with E-state index in [4.69, 9.17) is 10.5 Å². The van der Waals surface area contributed by atoms with Crippen molar-refractivity contribution in [3.8, 4) is 5.88 Å². The van der Waals surface area contributed by atoms with E-state index in [0.29, 0.717) is 36.0 Å². The van der Waals surface area contributed by atoms with Crippen LogP contribution in [0.2, 0.25) is 0 Å². The van der Waals surface area contributed by atoms with Crippen molar-refractivity contribution in [2.24, 2.45) is 5.92 Å². The zero-order valence-electron chi connectivity index (χ0n) is 11.0. The third kappa shape index (κ3) is 4.09. The number of rotatable bonds is 6. The Bertz CT molecular complexity index is 354. The van der Waals surface area contributed by atoms with E-state index in [-0.39, 0.29) is 0 Å². The van der Waals surface area contributed by atoms with Crippen LogP contribution in [-0.2, 0) is 0 Å². The van der Waals surface area contributed by atoms with Crippen LogP contribution in [0.15, 0.2) is 6.33 Å². The Labute approximate surface area is 103 Å². The second-order valence-corrected chi connectivity index (χ2v) is 4.60. The van der Waals surface area contributed by atoms with Crippen molar-refractivity contribution >= 4 is 11.5 Å². The van der Waals surface area contributed by atoms with Gasteiger partial charge in [0.05, 0.1) is 6.61 Å². The second-order valence-electron chi connectivity index (χ2n) is 4.60. The van der Waals surface area contributed by atoms with Gasteiger partial charge < -0.3 is 15.8 Å². The van der Waals surface area contributed by atoms with Gasteiger partial charge in [-0.2, -0.15) is 4.98 Å². The minimum Gasteiger partial charge on any atom is -0.476 e. The lowest BCUT2D eigenvalue weighted by Gasteiger charge is -2.15. The molecule has 1 aromatic rings. The molecule has 5 nitrogen and oxygen atoms in total. The van der Waals surface area contributed by atoms with Gasteiger partial charge in [-0.05, 0) is 19.3 Å². The van der Waals surface area contributed by atoms with E-state index in [1.165, 1.54) is 6.33 Å². The molecule has 0 aliphatic carbocycles. The Kier molecular flexibility index (Phi) is 5.00. The summed E-state index contributed by atoms with van der Waals surface area (Å²) in [5.41, 5.74) is 6.44.